The van der Waals surface area contributed by atoms with E-state index >= 15 is 0 Å². The predicted octanol–water partition coefficient (Wildman–Crippen LogP) is 5.67. The SMILES string of the molecule is CC(C)c1ccc(OCC(=O)Oc2ccc3c(c2)OC(N)=C(C#N)C3c2ccc(Cl)cc2)cc1. The van der Waals surface area contributed by atoms with Gasteiger partial charge in [0.05, 0.1) is 5.92 Å². The topological polar surface area (TPSA) is 94.6 Å². The molecule has 0 aliphatic carbocycles. The van der Waals surface area contributed by atoms with Crippen molar-refractivity contribution < 1.29 is 19.0 Å². The van der Waals surface area contributed by atoms with Crippen LogP contribution < -0.4 is 19.9 Å². The van der Waals surface area contributed by atoms with Gasteiger partial charge in [-0.25, -0.2) is 4.79 Å². The fourth-order valence-electron chi connectivity index (χ4n) is 3.75. The van der Waals surface area contributed by atoms with E-state index in [1.807, 2.05) is 36.4 Å². The molecule has 2 N–H and O–H groups in total. The minimum Gasteiger partial charge on any atom is -0.482 e. The lowest BCUT2D eigenvalue weighted by atomic mass is 9.83. The summed E-state index contributed by atoms with van der Waals surface area (Å²) in [5.74, 6) is 0.719. The Bertz CT molecular complexity index is 1280. The molecule has 0 spiro atoms. The van der Waals surface area contributed by atoms with Crippen molar-refractivity contribution in [2.24, 2.45) is 5.73 Å². The number of allylic oxidation sites excluding steroid dienone is 1. The summed E-state index contributed by atoms with van der Waals surface area (Å²) in [6.45, 7) is 3.97. The molecular weight excluding hydrogens is 452 g/mol. The fourth-order valence-corrected chi connectivity index (χ4v) is 3.88. The molecule has 7 heteroatoms. The smallest absolute Gasteiger partial charge is 0.349 e. The highest BCUT2D eigenvalue weighted by Gasteiger charge is 2.31. The molecule has 0 aromatic heterocycles. The third kappa shape index (κ3) is 5.00. The lowest BCUT2D eigenvalue weighted by Crippen LogP contribution is -2.21. The van der Waals surface area contributed by atoms with E-state index in [9.17, 15) is 10.1 Å². The van der Waals surface area contributed by atoms with Gasteiger partial charge in [-0.3, -0.25) is 0 Å². The Balaban J connectivity index is 1.49. The molecule has 1 heterocycles. The summed E-state index contributed by atoms with van der Waals surface area (Å²) in [6, 6.07) is 21.9. The Morgan fingerprint density at radius 1 is 1.09 bits per heavy atom. The molecule has 1 atom stereocenters. The van der Waals surface area contributed by atoms with E-state index in [4.69, 9.17) is 31.5 Å². The number of hydrogen-bond acceptors (Lipinski definition) is 6. The van der Waals surface area contributed by atoms with E-state index < -0.39 is 11.9 Å². The number of ether oxygens (including phenoxy) is 3. The number of carbonyl (C=O) groups is 1. The molecule has 34 heavy (non-hydrogen) atoms. The van der Waals surface area contributed by atoms with Gasteiger partial charge in [0, 0.05) is 16.7 Å². The molecule has 172 valence electrons. The maximum Gasteiger partial charge on any atom is 0.349 e. The Labute approximate surface area is 203 Å². The quantitative estimate of drug-likeness (QED) is 0.365. The zero-order chi connectivity index (χ0) is 24.2. The second-order valence-corrected chi connectivity index (χ2v) is 8.60. The zero-order valence-electron chi connectivity index (χ0n) is 18.7. The number of nitriles is 1. The van der Waals surface area contributed by atoms with Gasteiger partial charge in [0.15, 0.2) is 6.61 Å². The summed E-state index contributed by atoms with van der Waals surface area (Å²) >= 11 is 6.02. The summed E-state index contributed by atoms with van der Waals surface area (Å²) in [5, 5.41) is 10.3. The Morgan fingerprint density at radius 2 is 1.76 bits per heavy atom. The van der Waals surface area contributed by atoms with Gasteiger partial charge in [0.1, 0.15) is 28.9 Å². The number of nitrogens with two attached hydrogens (primary N) is 1. The van der Waals surface area contributed by atoms with Crippen molar-refractivity contribution in [1.82, 2.24) is 0 Å². The van der Waals surface area contributed by atoms with Gasteiger partial charge in [-0.15, -0.1) is 0 Å². The van der Waals surface area contributed by atoms with Gasteiger partial charge < -0.3 is 19.9 Å². The van der Waals surface area contributed by atoms with Crippen molar-refractivity contribution in [1.29, 1.82) is 5.26 Å². The molecule has 0 fully saturated rings. The van der Waals surface area contributed by atoms with Crippen molar-refractivity contribution in [2.75, 3.05) is 6.61 Å². The van der Waals surface area contributed by atoms with E-state index in [0.29, 0.717) is 28.0 Å². The average molecular weight is 475 g/mol. The number of rotatable bonds is 6. The lowest BCUT2D eigenvalue weighted by Gasteiger charge is -2.26. The predicted molar refractivity (Wildman–Crippen MR) is 129 cm³/mol. The van der Waals surface area contributed by atoms with Crippen molar-refractivity contribution in [3.8, 4) is 23.3 Å². The van der Waals surface area contributed by atoms with Gasteiger partial charge in [-0.2, -0.15) is 5.26 Å². The molecule has 1 unspecified atom stereocenters. The summed E-state index contributed by atoms with van der Waals surface area (Å²) in [6.07, 6.45) is 0. The third-order valence-corrected chi connectivity index (χ3v) is 5.78. The molecule has 4 rings (SSSR count). The van der Waals surface area contributed by atoms with Crippen LogP contribution in [0.15, 0.2) is 78.2 Å². The van der Waals surface area contributed by atoms with Gasteiger partial charge in [-0.1, -0.05) is 55.8 Å². The first-order valence-corrected chi connectivity index (χ1v) is 11.1. The molecule has 1 aliphatic heterocycles. The van der Waals surface area contributed by atoms with E-state index in [1.165, 1.54) is 5.56 Å². The van der Waals surface area contributed by atoms with E-state index in [0.717, 1.165) is 11.1 Å². The normalized spacial score (nSPS) is 14.7. The van der Waals surface area contributed by atoms with Crippen molar-refractivity contribution in [2.45, 2.75) is 25.7 Å². The first-order chi connectivity index (χ1) is 16.4. The maximum atomic E-state index is 12.3. The molecule has 0 radical (unpaired) electrons. The first-order valence-electron chi connectivity index (χ1n) is 10.8. The molecule has 0 saturated heterocycles. The van der Waals surface area contributed by atoms with Gasteiger partial charge in [0.25, 0.3) is 0 Å². The van der Waals surface area contributed by atoms with Crippen molar-refractivity contribution in [3.63, 3.8) is 0 Å². The van der Waals surface area contributed by atoms with Crippen LogP contribution in [-0.4, -0.2) is 12.6 Å². The highest BCUT2D eigenvalue weighted by Crippen LogP contribution is 2.43. The van der Waals surface area contributed by atoms with Crippen LogP contribution in [-0.2, 0) is 4.79 Å². The van der Waals surface area contributed by atoms with Crippen LogP contribution in [0.1, 0.15) is 42.4 Å². The number of hydrogen-bond donors (Lipinski definition) is 1. The van der Waals surface area contributed by atoms with E-state index in [2.05, 4.69) is 19.9 Å². The van der Waals surface area contributed by atoms with Gasteiger partial charge in [-0.05, 0) is 47.4 Å². The van der Waals surface area contributed by atoms with Gasteiger partial charge in [0.2, 0.25) is 5.88 Å². The summed E-state index contributed by atoms with van der Waals surface area (Å²) < 4.78 is 16.6. The number of benzene rings is 3. The molecule has 0 amide bonds. The summed E-state index contributed by atoms with van der Waals surface area (Å²) in [4.78, 5) is 12.3. The monoisotopic (exact) mass is 474 g/mol. The second-order valence-electron chi connectivity index (χ2n) is 8.16. The highest BCUT2D eigenvalue weighted by atomic mass is 35.5. The number of halogens is 1. The van der Waals surface area contributed by atoms with Gasteiger partial charge >= 0.3 is 5.97 Å². The molecule has 3 aromatic carbocycles. The number of carbonyl (C=O) groups excluding carboxylic acids is 1. The van der Waals surface area contributed by atoms with Crippen LogP contribution in [0.5, 0.6) is 17.2 Å². The van der Waals surface area contributed by atoms with E-state index in [1.54, 1.807) is 30.3 Å². The summed E-state index contributed by atoms with van der Waals surface area (Å²) in [7, 11) is 0. The molecule has 0 saturated carbocycles. The Hall–Kier alpha value is -3.95. The standard InChI is InChI=1S/C27H23ClN2O4/c1-16(2)17-5-9-20(10-6-17)32-15-25(31)33-21-11-12-22-24(13-21)34-27(30)23(14-29)26(22)18-3-7-19(28)8-4-18/h3-13,16,26H,15,30H2,1-2H3. The molecule has 6 nitrogen and oxygen atoms in total. The number of esters is 1. The third-order valence-electron chi connectivity index (χ3n) is 5.53. The number of fused-ring (bicyclic) bond motifs is 1. The summed E-state index contributed by atoms with van der Waals surface area (Å²) in [5.41, 5.74) is 9.10. The average Bonchev–Trinajstić information content (AvgIpc) is 2.82. The second kappa shape index (κ2) is 9.90. The van der Waals surface area contributed by atoms with Crippen LogP contribution in [0.4, 0.5) is 0 Å². The largest absolute Gasteiger partial charge is 0.482 e. The number of nitrogens with zero attached hydrogens (tertiary/aromatic N) is 1. The molecular formula is C27H23ClN2O4. The minimum atomic E-state index is -0.556. The highest BCUT2D eigenvalue weighted by molar-refractivity contribution is 6.30. The first kappa shape index (κ1) is 23.2. The molecule has 1 aliphatic rings. The molecule has 3 aromatic rings. The van der Waals surface area contributed by atoms with Crippen molar-refractivity contribution in [3.05, 3.63) is 99.9 Å². The van der Waals surface area contributed by atoms with E-state index in [-0.39, 0.29) is 18.2 Å². The van der Waals surface area contributed by atoms with Crippen LogP contribution in [0.25, 0.3) is 0 Å². The Morgan fingerprint density at radius 3 is 2.41 bits per heavy atom. The fraction of sp³-hybridized carbons (Fsp3) is 0.185. The maximum absolute atomic E-state index is 12.3. The van der Waals surface area contributed by atoms with Crippen LogP contribution >= 0.6 is 11.6 Å². The molecule has 0 bridgehead atoms. The zero-order valence-corrected chi connectivity index (χ0v) is 19.5. The van der Waals surface area contributed by atoms with Crippen LogP contribution in [0.2, 0.25) is 5.02 Å². The lowest BCUT2D eigenvalue weighted by molar-refractivity contribution is -0.136. The van der Waals surface area contributed by atoms with Crippen LogP contribution in [0, 0.1) is 11.3 Å². The van der Waals surface area contributed by atoms with Crippen molar-refractivity contribution >= 4 is 17.6 Å². The Kier molecular flexibility index (Phi) is 6.76. The van der Waals surface area contributed by atoms with Crippen LogP contribution in [0.3, 0.4) is 0 Å². The minimum absolute atomic E-state index is 0.00612.